The number of anilines is 1. The molecule has 6 aromatic rings. The van der Waals surface area contributed by atoms with Crippen molar-refractivity contribution >= 4 is 40.3 Å². The average molecular weight is 485 g/mol. The summed E-state index contributed by atoms with van der Waals surface area (Å²) in [5, 5.41) is 2.43. The Hall–Kier alpha value is -4.09. The van der Waals surface area contributed by atoms with Gasteiger partial charge in [0.2, 0.25) is 5.95 Å². The smallest absolute Gasteiger partial charge is 0.235 e. The van der Waals surface area contributed by atoms with Gasteiger partial charge >= 0.3 is 0 Å². The molecule has 0 spiro atoms. The number of hydrogen-bond donors (Lipinski definition) is 2. The van der Waals surface area contributed by atoms with Crippen molar-refractivity contribution in [1.29, 1.82) is 0 Å². The van der Waals surface area contributed by atoms with Crippen molar-refractivity contribution in [2.24, 2.45) is 0 Å². The van der Waals surface area contributed by atoms with Gasteiger partial charge in [0.15, 0.2) is 0 Å². The fourth-order valence-corrected chi connectivity index (χ4v) is 6.02. The molecule has 4 nitrogen and oxygen atoms in total. The van der Waals surface area contributed by atoms with Gasteiger partial charge in [0.05, 0.1) is 16.7 Å². The molecule has 0 bridgehead atoms. The molecule has 2 heterocycles. The van der Waals surface area contributed by atoms with Gasteiger partial charge in [-0.2, -0.15) is 0 Å². The van der Waals surface area contributed by atoms with Crippen LogP contribution in [0.1, 0.15) is 25.0 Å². The summed E-state index contributed by atoms with van der Waals surface area (Å²) < 4.78 is 5.17. The molecule has 5 heteroatoms. The van der Waals surface area contributed by atoms with E-state index in [-0.39, 0.29) is 5.41 Å². The lowest BCUT2D eigenvalue weighted by atomic mass is 9.81. The number of rotatable bonds is 3. The van der Waals surface area contributed by atoms with Gasteiger partial charge in [-0.05, 0) is 46.5 Å². The van der Waals surface area contributed by atoms with Crippen LogP contribution in [0.15, 0.2) is 97.2 Å². The highest BCUT2D eigenvalue weighted by molar-refractivity contribution is 7.81. The van der Waals surface area contributed by atoms with Crippen LogP contribution in [0.3, 0.4) is 0 Å². The standard InChI is InChI=1S/C31H24N4S/c1-31(2)25-12-5-3-10-21(25)23-14-15-24-22-11-4-6-13-27(22)35(29(24)28(23)31)30-32-17-16-26(33-30)19-8-7-9-20(18-19)34-36/h3-18,34,36H,1-2H3. The van der Waals surface area contributed by atoms with Gasteiger partial charge in [-0.3, -0.25) is 4.57 Å². The van der Waals surface area contributed by atoms with Gasteiger partial charge in [-0.15, -0.1) is 0 Å². The minimum absolute atomic E-state index is 0.151. The Labute approximate surface area is 215 Å². The second-order valence-electron chi connectivity index (χ2n) is 9.84. The lowest BCUT2D eigenvalue weighted by molar-refractivity contribution is 0.663. The van der Waals surface area contributed by atoms with Crippen LogP contribution >= 0.6 is 12.8 Å². The number of fused-ring (bicyclic) bond motifs is 7. The summed E-state index contributed by atoms with van der Waals surface area (Å²) >= 11 is 4.21. The molecule has 0 fully saturated rings. The Morgan fingerprint density at radius 2 is 1.64 bits per heavy atom. The first-order valence-corrected chi connectivity index (χ1v) is 12.5. The van der Waals surface area contributed by atoms with Crippen molar-refractivity contribution in [3.8, 4) is 28.3 Å². The van der Waals surface area contributed by atoms with Gasteiger partial charge in [0.25, 0.3) is 0 Å². The van der Waals surface area contributed by atoms with E-state index in [1.165, 1.54) is 38.5 Å². The van der Waals surface area contributed by atoms with E-state index in [1.54, 1.807) is 0 Å². The zero-order chi connectivity index (χ0) is 24.4. The maximum atomic E-state index is 5.08. The normalized spacial score (nSPS) is 13.6. The molecule has 1 N–H and O–H groups in total. The van der Waals surface area contributed by atoms with Crippen molar-refractivity contribution in [2.45, 2.75) is 19.3 Å². The summed E-state index contributed by atoms with van der Waals surface area (Å²) in [4.78, 5) is 9.88. The van der Waals surface area contributed by atoms with Crippen LogP contribution in [0.5, 0.6) is 0 Å². The van der Waals surface area contributed by atoms with Crippen molar-refractivity contribution in [3.05, 3.63) is 108 Å². The number of thiol groups is 1. The van der Waals surface area contributed by atoms with E-state index in [4.69, 9.17) is 9.97 Å². The second kappa shape index (κ2) is 7.70. The molecule has 1 aliphatic carbocycles. The van der Waals surface area contributed by atoms with Gasteiger partial charge < -0.3 is 4.72 Å². The van der Waals surface area contributed by atoms with Crippen LogP contribution in [0, 0.1) is 0 Å². The summed E-state index contributed by atoms with van der Waals surface area (Å²) in [5.74, 6) is 0.670. The van der Waals surface area contributed by atoms with Crippen LogP contribution in [-0.2, 0) is 5.41 Å². The van der Waals surface area contributed by atoms with Crippen molar-refractivity contribution < 1.29 is 0 Å². The molecule has 174 valence electrons. The van der Waals surface area contributed by atoms with E-state index in [9.17, 15) is 0 Å². The van der Waals surface area contributed by atoms with E-state index in [0.717, 1.165) is 22.5 Å². The molecule has 0 amide bonds. The maximum absolute atomic E-state index is 5.08. The van der Waals surface area contributed by atoms with Crippen LogP contribution in [-0.4, -0.2) is 14.5 Å². The third-order valence-electron chi connectivity index (χ3n) is 7.48. The molecule has 0 atom stereocenters. The highest BCUT2D eigenvalue weighted by atomic mass is 32.1. The number of hydrogen-bond acceptors (Lipinski definition) is 4. The van der Waals surface area contributed by atoms with E-state index in [2.05, 4.69) is 103 Å². The molecule has 0 aliphatic heterocycles. The van der Waals surface area contributed by atoms with Crippen LogP contribution in [0.2, 0.25) is 0 Å². The van der Waals surface area contributed by atoms with E-state index in [0.29, 0.717) is 5.95 Å². The van der Waals surface area contributed by atoms with Crippen molar-refractivity contribution in [3.63, 3.8) is 0 Å². The van der Waals surface area contributed by atoms with Gasteiger partial charge in [0, 0.05) is 33.6 Å². The van der Waals surface area contributed by atoms with Gasteiger partial charge in [-0.1, -0.05) is 93.4 Å². The Bertz CT molecular complexity index is 1820. The molecule has 7 rings (SSSR count). The fourth-order valence-electron chi connectivity index (χ4n) is 5.89. The monoisotopic (exact) mass is 484 g/mol. The van der Waals surface area contributed by atoms with E-state index >= 15 is 0 Å². The van der Waals surface area contributed by atoms with Crippen LogP contribution in [0.25, 0.3) is 50.1 Å². The fraction of sp³-hybridized carbons (Fsp3) is 0.0968. The minimum Gasteiger partial charge on any atom is -0.332 e. The maximum Gasteiger partial charge on any atom is 0.235 e. The van der Waals surface area contributed by atoms with Crippen molar-refractivity contribution in [2.75, 3.05) is 4.72 Å². The number of nitrogens with one attached hydrogen (secondary N) is 1. The molecule has 36 heavy (non-hydrogen) atoms. The Morgan fingerprint density at radius 1 is 0.806 bits per heavy atom. The van der Waals surface area contributed by atoms with Gasteiger partial charge in [0.1, 0.15) is 0 Å². The Kier molecular flexibility index (Phi) is 4.54. The largest absolute Gasteiger partial charge is 0.332 e. The Morgan fingerprint density at radius 3 is 2.53 bits per heavy atom. The average Bonchev–Trinajstić information content (AvgIpc) is 3.38. The quantitative estimate of drug-likeness (QED) is 0.252. The second-order valence-corrected chi connectivity index (χ2v) is 10.1. The number of para-hydroxylation sites is 1. The Balaban J connectivity index is 1.57. The molecular weight excluding hydrogens is 460 g/mol. The number of benzene rings is 4. The molecule has 1 aliphatic rings. The van der Waals surface area contributed by atoms with Crippen LogP contribution in [0.4, 0.5) is 5.69 Å². The molecule has 0 saturated heterocycles. The molecule has 0 radical (unpaired) electrons. The summed E-state index contributed by atoms with van der Waals surface area (Å²) in [6.45, 7) is 4.65. The number of aromatic nitrogens is 3. The molecule has 2 aromatic heterocycles. The highest BCUT2D eigenvalue weighted by Gasteiger charge is 2.38. The minimum atomic E-state index is -0.151. The number of nitrogens with zero attached hydrogens (tertiary/aromatic N) is 3. The zero-order valence-corrected chi connectivity index (χ0v) is 20.9. The van der Waals surface area contributed by atoms with Crippen molar-refractivity contribution in [1.82, 2.24) is 14.5 Å². The zero-order valence-electron chi connectivity index (χ0n) is 20.0. The van der Waals surface area contributed by atoms with E-state index < -0.39 is 0 Å². The predicted molar refractivity (Wildman–Crippen MR) is 152 cm³/mol. The molecule has 0 unspecified atom stereocenters. The lowest BCUT2D eigenvalue weighted by Gasteiger charge is -2.23. The first kappa shape index (κ1) is 21.2. The highest BCUT2D eigenvalue weighted by Crippen LogP contribution is 2.52. The lowest BCUT2D eigenvalue weighted by Crippen LogP contribution is -2.17. The van der Waals surface area contributed by atoms with E-state index in [1.807, 2.05) is 30.5 Å². The molecule has 4 aromatic carbocycles. The van der Waals surface area contributed by atoms with Crippen LogP contribution < -0.4 is 4.72 Å². The summed E-state index contributed by atoms with van der Waals surface area (Å²) in [6, 6.07) is 31.9. The molecular formula is C31H24N4S. The predicted octanol–water partition coefficient (Wildman–Crippen LogP) is 7.80. The summed E-state index contributed by atoms with van der Waals surface area (Å²) in [7, 11) is 0. The SMILES string of the molecule is CC1(C)c2ccccc2-c2ccc3c4ccccc4n(-c4nccc(-c5cccc(NS)c5)n4)c3c21. The third kappa shape index (κ3) is 2.90. The summed E-state index contributed by atoms with van der Waals surface area (Å²) in [6.07, 6.45) is 1.85. The van der Waals surface area contributed by atoms with Gasteiger partial charge in [-0.25, -0.2) is 9.97 Å². The first-order chi connectivity index (χ1) is 17.6. The topological polar surface area (TPSA) is 42.7 Å². The third-order valence-corrected chi connectivity index (χ3v) is 7.74. The molecule has 0 saturated carbocycles. The summed E-state index contributed by atoms with van der Waals surface area (Å²) in [5.41, 5.74) is 10.2. The first-order valence-electron chi connectivity index (χ1n) is 12.1.